The van der Waals surface area contributed by atoms with E-state index in [9.17, 15) is 9.59 Å². The molecule has 0 bridgehead atoms. The van der Waals surface area contributed by atoms with Gasteiger partial charge in [0.1, 0.15) is 6.54 Å². The van der Waals surface area contributed by atoms with Crippen LogP contribution in [0.3, 0.4) is 0 Å². The van der Waals surface area contributed by atoms with Gasteiger partial charge in [0.25, 0.3) is 5.91 Å². The van der Waals surface area contributed by atoms with Crippen LogP contribution in [-0.2, 0) is 4.79 Å². The van der Waals surface area contributed by atoms with Gasteiger partial charge in [0.15, 0.2) is 0 Å². The molecule has 0 saturated heterocycles. The number of hydrogen-bond acceptors (Lipinski definition) is 2. The second-order valence-electron chi connectivity index (χ2n) is 5.17. The molecule has 0 saturated carbocycles. The second-order valence-corrected chi connectivity index (χ2v) is 5.17. The number of hydrogen-bond donors (Lipinski definition) is 1. The van der Waals surface area contributed by atoms with E-state index in [-0.39, 0.29) is 12.5 Å². The van der Waals surface area contributed by atoms with Gasteiger partial charge in [-0.1, -0.05) is 18.2 Å². The molecule has 1 amide bonds. The van der Waals surface area contributed by atoms with Gasteiger partial charge in [0, 0.05) is 23.6 Å². The first kappa shape index (κ1) is 15.8. The van der Waals surface area contributed by atoms with Gasteiger partial charge in [-0.15, -0.1) is 0 Å². The molecule has 0 unspecified atom stereocenters. The lowest BCUT2D eigenvalue weighted by atomic mass is 10.2. The molecule has 0 spiro atoms. The van der Waals surface area contributed by atoms with Crippen molar-refractivity contribution in [1.82, 2.24) is 9.47 Å². The summed E-state index contributed by atoms with van der Waals surface area (Å²) in [5.41, 5.74) is 3.29. The lowest BCUT2D eigenvalue weighted by Gasteiger charge is -2.18. The predicted molar refractivity (Wildman–Crippen MR) is 84.5 cm³/mol. The summed E-state index contributed by atoms with van der Waals surface area (Å²) >= 11 is 0. The minimum Gasteiger partial charge on any atom is -0.480 e. The molecule has 0 aliphatic rings. The molecular weight excluding hydrogens is 280 g/mol. The van der Waals surface area contributed by atoms with Crippen LogP contribution in [0.5, 0.6) is 0 Å². The Kier molecular flexibility index (Phi) is 4.65. The quantitative estimate of drug-likeness (QED) is 0.923. The number of carboxylic acid groups (broad SMARTS) is 1. The fourth-order valence-electron chi connectivity index (χ4n) is 2.61. The van der Waals surface area contributed by atoms with Crippen molar-refractivity contribution >= 4 is 11.9 Å². The number of carboxylic acids is 1. The molecule has 1 aromatic carbocycles. The van der Waals surface area contributed by atoms with Crippen LogP contribution in [0.15, 0.2) is 36.4 Å². The second kappa shape index (κ2) is 6.47. The molecule has 0 aliphatic carbocycles. The highest BCUT2D eigenvalue weighted by atomic mass is 16.4. The number of benzene rings is 1. The first-order chi connectivity index (χ1) is 10.5. The third kappa shape index (κ3) is 3.03. The number of nitrogens with zero attached hydrogens (tertiary/aromatic N) is 2. The maximum absolute atomic E-state index is 12.6. The van der Waals surface area contributed by atoms with Gasteiger partial charge in [0.2, 0.25) is 0 Å². The lowest BCUT2D eigenvalue weighted by Crippen LogP contribution is -2.35. The summed E-state index contributed by atoms with van der Waals surface area (Å²) in [7, 11) is 0. The third-order valence-corrected chi connectivity index (χ3v) is 3.67. The summed E-state index contributed by atoms with van der Waals surface area (Å²) in [6.45, 7) is 5.66. The highest BCUT2D eigenvalue weighted by Gasteiger charge is 2.22. The SMILES string of the molecule is CCN(CC(=O)O)C(=O)c1cc(C)n(-c2ccccc2)c1C. The van der Waals surface area contributed by atoms with Crippen LogP contribution in [0.2, 0.25) is 0 Å². The molecule has 1 aromatic heterocycles. The van der Waals surface area contributed by atoms with E-state index >= 15 is 0 Å². The first-order valence-corrected chi connectivity index (χ1v) is 7.21. The van der Waals surface area contributed by atoms with E-state index < -0.39 is 5.97 Å². The number of rotatable bonds is 5. The molecule has 5 nitrogen and oxygen atoms in total. The van der Waals surface area contributed by atoms with Gasteiger partial charge in [-0.25, -0.2) is 0 Å². The van der Waals surface area contributed by atoms with Crippen LogP contribution >= 0.6 is 0 Å². The molecular formula is C17H20N2O3. The number of aromatic nitrogens is 1. The normalized spacial score (nSPS) is 10.5. The lowest BCUT2D eigenvalue weighted by molar-refractivity contribution is -0.137. The van der Waals surface area contributed by atoms with Crippen LogP contribution < -0.4 is 0 Å². The molecule has 0 fully saturated rings. The predicted octanol–water partition coefficient (Wildman–Crippen LogP) is 2.64. The largest absolute Gasteiger partial charge is 0.480 e. The molecule has 0 atom stereocenters. The molecule has 1 N–H and O–H groups in total. The Morgan fingerprint density at radius 1 is 1.18 bits per heavy atom. The van der Waals surface area contributed by atoms with E-state index in [2.05, 4.69) is 0 Å². The van der Waals surface area contributed by atoms with Crippen LogP contribution in [0, 0.1) is 13.8 Å². The van der Waals surface area contributed by atoms with Crippen LogP contribution in [0.1, 0.15) is 28.7 Å². The number of amides is 1. The summed E-state index contributed by atoms with van der Waals surface area (Å²) in [5, 5.41) is 8.92. The molecule has 0 aliphatic heterocycles. The summed E-state index contributed by atoms with van der Waals surface area (Å²) in [6, 6.07) is 11.6. The van der Waals surface area contributed by atoms with Crippen molar-refractivity contribution in [2.45, 2.75) is 20.8 Å². The molecule has 116 valence electrons. The van der Waals surface area contributed by atoms with Gasteiger partial charge >= 0.3 is 5.97 Å². The van der Waals surface area contributed by atoms with E-state index in [1.807, 2.05) is 54.8 Å². The Balaban J connectivity index is 2.42. The monoisotopic (exact) mass is 300 g/mol. The smallest absolute Gasteiger partial charge is 0.323 e. The highest BCUT2D eigenvalue weighted by molar-refractivity contribution is 5.97. The Bertz CT molecular complexity index is 689. The zero-order valence-electron chi connectivity index (χ0n) is 13.0. The summed E-state index contributed by atoms with van der Waals surface area (Å²) in [4.78, 5) is 24.8. The average Bonchev–Trinajstić information content (AvgIpc) is 2.79. The number of carbonyl (C=O) groups excluding carboxylic acids is 1. The fraction of sp³-hybridized carbons (Fsp3) is 0.294. The van der Waals surface area contributed by atoms with E-state index in [4.69, 9.17) is 5.11 Å². The van der Waals surface area contributed by atoms with Crippen molar-refractivity contribution in [1.29, 1.82) is 0 Å². The van der Waals surface area contributed by atoms with Crippen molar-refractivity contribution in [3.63, 3.8) is 0 Å². The minimum absolute atomic E-state index is 0.250. The third-order valence-electron chi connectivity index (χ3n) is 3.67. The van der Waals surface area contributed by atoms with E-state index in [1.54, 1.807) is 6.92 Å². The number of likely N-dealkylation sites (N-methyl/N-ethyl adjacent to an activating group) is 1. The Morgan fingerprint density at radius 3 is 2.36 bits per heavy atom. The number of para-hydroxylation sites is 1. The molecule has 5 heteroatoms. The number of carbonyl (C=O) groups is 2. The summed E-state index contributed by atoms with van der Waals surface area (Å²) in [5.74, 6) is -1.26. The topological polar surface area (TPSA) is 62.5 Å². The van der Waals surface area contributed by atoms with Crippen LogP contribution in [0.25, 0.3) is 5.69 Å². The average molecular weight is 300 g/mol. The van der Waals surface area contributed by atoms with E-state index in [0.717, 1.165) is 17.1 Å². The van der Waals surface area contributed by atoms with E-state index in [0.29, 0.717) is 12.1 Å². The Morgan fingerprint density at radius 2 is 1.82 bits per heavy atom. The maximum Gasteiger partial charge on any atom is 0.323 e. The minimum atomic E-state index is -1.01. The molecule has 2 rings (SSSR count). The number of aliphatic carboxylic acids is 1. The molecule has 1 heterocycles. The van der Waals surface area contributed by atoms with Crippen molar-refractivity contribution < 1.29 is 14.7 Å². The van der Waals surface area contributed by atoms with Gasteiger partial charge in [-0.3, -0.25) is 9.59 Å². The zero-order chi connectivity index (χ0) is 16.3. The van der Waals surface area contributed by atoms with Crippen molar-refractivity contribution in [3.05, 3.63) is 53.3 Å². The fourth-order valence-corrected chi connectivity index (χ4v) is 2.61. The molecule has 22 heavy (non-hydrogen) atoms. The Labute approximate surface area is 129 Å². The number of aryl methyl sites for hydroxylation is 1. The van der Waals surface area contributed by atoms with Crippen LogP contribution in [-0.4, -0.2) is 39.5 Å². The first-order valence-electron chi connectivity index (χ1n) is 7.21. The van der Waals surface area contributed by atoms with Gasteiger partial charge < -0.3 is 14.6 Å². The van der Waals surface area contributed by atoms with Gasteiger partial charge in [-0.2, -0.15) is 0 Å². The van der Waals surface area contributed by atoms with Gasteiger partial charge in [-0.05, 0) is 39.0 Å². The zero-order valence-corrected chi connectivity index (χ0v) is 13.0. The Hall–Kier alpha value is -2.56. The van der Waals surface area contributed by atoms with Crippen molar-refractivity contribution in [2.24, 2.45) is 0 Å². The van der Waals surface area contributed by atoms with Crippen molar-refractivity contribution in [3.8, 4) is 5.69 Å². The molecule has 2 aromatic rings. The maximum atomic E-state index is 12.6. The summed E-state index contributed by atoms with van der Waals surface area (Å²) in [6.07, 6.45) is 0. The summed E-state index contributed by atoms with van der Waals surface area (Å²) < 4.78 is 2.00. The molecule has 0 radical (unpaired) electrons. The van der Waals surface area contributed by atoms with Gasteiger partial charge in [0.05, 0.1) is 5.56 Å². The van der Waals surface area contributed by atoms with Crippen LogP contribution in [0.4, 0.5) is 0 Å². The standard InChI is InChI=1S/C17H20N2O3/c1-4-18(11-16(20)21)17(22)15-10-12(2)19(13(15)3)14-8-6-5-7-9-14/h5-10H,4,11H2,1-3H3,(H,20,21). The van der Waals surface area contributed by atoms with Crippen molar-refractivity contribution in [2.75, 3.05) is 13.1 Å². The van der Waals surface area contributed by atoms with E-state index in [1.165, 1.54) is 4.90 Å². The highest BCUT2D eigenvalue weighted by Crippen LogP contribution is 2.21.